The van der Waals surface area contributed by atoms with E-state index >= 15 is 0 Å². The molecule has 1 saturated carbocycles. The number of likely N-dealkylation sites (tertiary alicyclic amines) is 1. The van der Waals surface area contributed by atoms with Crippen molar-refractivity contribution in [1.82, 2.24) is 15.5 Å². The first-order valence-electron chi connectivity index (χ1n) is 11.1. The van der Waals surface area contributed by atoms with Gasteiger partial charge < -0.3 is 20.3 Å². The fourth-order valence-electron chi connectivity index (χ4n) is 4.13. The number of hydrogen-bond donors (Lipinski definition) is 2. The highest BCUT2D eigenvalue weighted by Crippen LogP contribution is 2.27. The summed E-state index contributed by atoms with van der Waals surface area (Å²) in [6, 6.07) is 8.35. The van der Waals surface area contributed by atoms with Crippen LogP contribution in [0.1, 0.15) is 51.5 Å². The summed E-state index contributed by atoms with van der Waals surface area (Å²) in [6.07, 6.45) is 5.49. The van der Waals surface area contributed by atoms with Crippen LogP contribution in [-0.4, -0.2) is 55.1 Å². The molecule has 1 aliphatic heterocycles. The van der Waals surface area contributed by atoms with Crippen LogP contribution in [0.3, 0.4) is 0 Å². The molecule has 0 radical (unpaired) electrons. The van der Waals surface area contributed by atoms with Crippen molar-refractivity contribution in [3.05, 3.63) is 29.8 Å². The van der Waals surface area contributed by atoms with E-state index in [-0.39, 0.29) is 42.0 Å². The predicted octanol–water partition coefficient (Wildman–Crippen LogP) is 3.73. The molecule has 1 amide bonds. The van der Waals surface area contributed by atoms with Gasteiger partial charge in [0.1, 0.15) is 11.9 Å². The average molecular weight is 528 g/mol. The smallest absolute Gasteiger partial charge is 0.225 e. The van der Waals surface area contributed by atoms with Gasteiger partial charge in [0.2, 0.25) is 5.91 Å². The second-order valence-corrected chi connectivity index (χ2v) is 8.36. The summed E-state index contributed by atoms with van der Waals surface area (Å²) in [7, 11) is 0. The minimum Gasteiger partial charge on any atom is -0.489 e. The van der Waals surface area contributed by atoms with Crippen LogP contribution >= 0.6 is 24.0 Å². The number of ether oxygens (including phenoxy) is 1. The van der Waals surface area contributed by atoms with Crippen LogP contribution in [0, 0.1) is 12.8 Å². The number of hydrogen-bond acceptors (Lipinski definition) is 3. The van der Waals surface area contributed by atoms with Crippen molar-refractivity contribution in [2.24, 2.45) is 10.9 Å². The number of rotatable bonds is 7. The first-order valence-corrected chi connectivity index (χ1v) is 11.1. The number of carbonyl (C=O) groups is 1. The lowest BCUT2D eigenvalue weighted by atomic mass is 10.1. The maximum absolute atomic E-state index is 12.7. The first-order chi connectivity index (χ1) is 14.0. The van der Waals surface area contributed by atoms with E-state index in [1.807, 2.05) is 24.0 Å². The molecule has 2 unspecified atom stereocenters. The third-order valence-electron chi connectivity index (χ3n) is 5.75. The quantitative estimate of drug-likeness (QED) is 0.322. The SMILES string of the molecule is CCNC(=NCC(C)Oc1ccc(C)cc1)NC1CCN(C(=O)C2CCCC2)C1.I. The van der Waals surface area contributed by atoms with Gasteiger partial charge in [-0.3, -0.25) is 4.79 Å². The molecule has 1 aliphatic carbocycles. The van der Waals surface area contributed by atoms with Crippen LogP contribution in [0.2, 0.25) is 0 Å². The summed E-state index contributed by atoms with van der Waals surface area (Å²) in [4.78, 5) is 19.4. The molecule has 6 nitrogen and oxygen atoms in total. The number of nitrogens with one attached hydrogen (secondary N) is 2. The minimum absolute atomic E-state index is 0. The molecule has 2 aliphatic rings. The number of carbonyl (C=O) groups excluding carboxylic acids is 1. The molecule has 1 aromatic rings. The van der Waals surface area contributed by atoms with Crippen LogP contribution in [-0.2, 0) is 4.79 Å². The van der Waals surface area contributed by atoms with Crippen molar-refractivity contribution in [2.45, 2.75) is 65.0 Å². The molecular weight excluding hydrogens is 491 g/mol. The lowest BCUT2D eigenvalue weighted by Crippen LogP contribution is -2.45. The lowest BCUT2D eigenvalue weighted by Gasteiger charge is -2.22. The molecule has 2 fully saturated rings. The van der Waals surface area contributed by atoms with Gasteiger partial charge in [0.05, 0.1) is 6.54 Å². The summed E-state index contributed by atoms with van der Waals surface area (Å²) in [5.74, 6) is 2.28. The summed E-state index contributed by atoms with van der Waals surface area (Å²) in [5.41, 5.74) is 1.22. The molecule has 7 heteroatoms. The maximum atomic E-state index is 12.7. The number of guanidine groups is 1. The van der Waals surface area contributed by atoms with E-state index < -0.39 is 0 Å². The standard InChI is InChI=1S/C23H36N4O2.HI/c1-4-24-23(25-15-18(3)29-21-11-9-17(2)10-12-21)26-20-13-14-27(16-20)22(28)19-7-5-6-8-19;/h9-12,18-20H,4-8,13-16H2,1-3H3,(H2,24,25,26);1H. The minimum atomic E-state index is -0.0165. The van der Waals surface area contributed by atoms with Gasteiger partial charge in [-0.25, -0.2) is 4.99 Å². The van der Waals surface area contributed by atoms with Gasteiger partial charge in [0, 0.05) is 31.6 Å². The maximum Gasteiger partial charge on any atom is 0.225 e. The average Bonchev–Trinajstić information content (AvgIpc) is 3.40. The van der Waals surface area contributed by atoms with E-state index in [2.05, 4.69) is 36.6 Å². The van der Waals surface area contributed by atoms with Crippen molar-refractivity contribution >= 4 is 35.8 Å². The molecule has 1 aromatic carbocycles. The van der Waals surface area contributed by atoms with Gasteiger partial charge in [-0.05, 0) is 52.2 Å². The number of nitrogens with zero attached hydrogens (tertiary/aromatic N) is 2. The van der Waals surface area contributed by atoms with E-state index in [0.29, 0.717) is 12.5 Å². The normalized spacial score (nSPS) is 20.6. The Morgan fingerprint density at radius 1 is 1.23 bits per heavy atom. The Kier molecular flexibility index (Phi) is 10.2. The molecule has 0 spiro atoms. The number of halogens is 1. The lowest BCUT2D eigenvalue weighted by molar-refractivity contribution is -0.134. The zero-order chi connectivity index (χ0) is 20.6. The molecule has 0 aromatic heterocycles. The Morgan fingerprint density at radius 3 is 2.60 bits per heavy atom. The van der Waals surface area contributed by atoms with Gasteiger partial charge in [0.15, 0.2) is 5.96 Å². The Labute approximate surface area is 198 Å². The molecule has 30 heavy (non-hydrogen) atoms. The van der Waals surface area contributed by atoms with Crippen molar-refractivity contribution < 1.29 is 9.53 Å². The van der Waals surface area contributed by atoms with Gasteiger partial charge in [-0.2, -0.15) is 0 Å². The number of aryl methyl sites for hydroxylation is 1. The van der Waals surface area contributed by atoms with Gasteiger partial charge in [-0.15, -0.1) is 24.0 Å². The Bertz CT molecular complexity index is 689. The van der Waals surface area contributed by atoms with E-state index in [9.17, 15) is 4.79 Å². The number of amides is 1. The van der Waals surface area contributed by atoms with Gasteiger partial charge in [-0.1, -0.05) is 30.5 Å². The van der Waals surface area contributed by atoms with Crippen LogP contribution < -0.4 is 15.4 Å². The molecule has 1 heterocycles. The molecule has 2 N–H and O–H groups in total. The van der Waals surface area contributed by atoms with Crippen molar-refractivity contribution in [2.75, 3.05) is 26.2 Å². The number of benzene rings is 1. The van der Waals surface area contributed by atoms with E-state index in [1.54, 1.807) is 0 Å². The van der Waals surface area contributed by atoms with Gasteiger partial charge in [0.25, 0.3) is 0 Å². The topological polar surface area (TPSA) is 66.0 Å². The molecule has 0 bridgehead atoms. The molecular formula is C23H37IN4O2. The summed E-state index contributed by atoms with van der Waals surface area (Å²) in [5, 5.41) is 6.82. The van der Waals surface area contributed by atoms with Crippen molar-refractivity contribution in [3.63, 3.8) is 0 Å². The molecule has 1 saturated heterocycles. The van der Waals surface area contributed by atoms with Crippen molar-refractivity contribution in [3.8, 4) is 5.75 Å². The zero-order valence-electron chi connectivity index (χ0n) is 18.5. The van der Waals surface area contributed by atoms with E-state index in [1.165, 1.54) is 18.4 Å². The Balaban J connectivity index is 0.00000320. The highest BCUT2D eigenvalue weighted by Gasteiger charge is 2.32. The van der Waals surface area contributed by atoms with Gasteiger partial charge >= 0.3 is 0 Å². The zero-order valence-corrected chi connectivity index (χ0v) is 20.9. The second kappa shape index (κ2) is 12.4. The molecule has 168 valence electrons. The third kappa shape index (κ3) is 7.32. The van der Waals surface area contributed by atoms with Crippen LogP contribution in [0.5, 0.6) is 5.75 Å². The summed E-state index contributed by atoms with van der Waals surface area (Å²) >= 11 is 0. The highest BCUT2D eigenvalue weighted by atomic mass is 127. The van der Waals surface area contributed by atoms with E-state index in [0.717, 1.165) is 50.6 Å². The highest BCUT2D eigenvalue weighted by molar-refractivity contribution is 14.0. The Morgan fingerprint density at radius 2 is 1.93 bits per heavy atom. The molecule has 2 atom stereocenters. The van der Waals surface area contributed by atoms with Crippen molar-refractivity contribution in [1.29, 1.82) is 0 Å². The van der Waals surface area contributed by atoms with Crippen LogP contribution in [0.4, 0.5) is 0 Å². The predicted molar refractivity (Wildman–Crippen MR) is 133 cm³/mol. The first kappa shape index (κ1) is 24.8. The van der Waals surface area contributed by atoms with Crippen LogP contribution in [0.25, 0.3) is 0 Å². The fraction of sp³-hybridized carbons (Fsp3) is 0.652. The van der Waals surface area contributed by atoms with Crippen LogP contribution in [0.15, 0.2) is 29.3 Å². The third-order valence-corrected chi connectivity index (χ3v) is 5.75. The Hall–Kier alpha value is -1.51. The summed E-state index contributed by atoms with van der Waals surface area (Å²) in [6.45, 7) is 9.15. The monoisotopic (exact) mass is 528 g/mol. The second-order valence-electron chi connectivity index (χ2n) is 8.36. The number of aliphatic imine (C=N–C) groups is 1. The summed E-state index contributed by atoms with van der Waals surface area (Å²) < 4.78 is 5.96. The largest absolute Gasteiger partial charge is 0.489 e. The fourth-order valence-corrected chi connectivity index (χ4v) is 4.13. The van der Waals surface area contributed by atoms with E-state index in [4.69, 9.17) is 9.73 Å². The molecule has 3 rings (SSSR count).